The molecule has 1 aromatic rings. The summed E-state index contributed by atoms with van der Waals surface area (Å²) in [4.78, 5) is 11.4. The molecule has 0 aromatic carbocycles. The van der Waals surface area contributed by atoms with Gasteiger partial charge in [0.1, 0.15) is 10.8 Å². The largest absolute Gasteiger partial charge is 0.389 e. The zero-order valence-electron chi connectivity index (χ0n) is 9.50. The molecule has 1 aromatic heterocycles. The van der Waals surface area contributed by atoms with Gasteiger partial charge in [-0.15, -0.1) is 0 Å². The Bertz CT molecular complexity index is 426. The van der Waals surface area contributed by atoms with Crippen LogP contribution in [0.4, 0.5) is 5.82 Å². The number of aromatic nitrogens is 2. The lowest BCUT2D eigenvalue weighted by atomic mass is 10.2. The number of nitrogens with one attached hydrogen (secondary N) is 2. The summed E-state index contributed by atoms with van der Waals surface area (Å²) < 4.78 is 1.62. The van der Waals surface area contributed by atoms with Gasteiger partial charge in [0.2, 0.25) is 5.91 Å². The van der Waals surface area contributed by atoms with E-state index >= 15 is 0 Å². The second-order valence-corrected chi connectivity index (χ2v) is 3.76. The summed E-state index contributed by atoms with van der Waals surface area (Å²) in [6.07, 6.45) is 0. The van der Waals surface area contributed by atoms with Gasteiger partial charge in [-0.2, -0.15) is 5.10 Å². The third kappa shape index (κ3) is 2.48. The molecular formula is C9H15N5OS. The van der Waals surface area contributed by atoms with Crippen molar-refractivity contribution >= 4 is 28.9 Å². The van der Waals surface area contributed by atoms with Crippen molar-refractivity contribution in [1.82, 2.24) is 15.1 Å². The molecule has 0 aliphatic carbocycles. The van der Waals surface area contributed by atoms with Gasteiger partial charge in [-0.05, 0) is 6.92 Å². The van der Waals surface area contributed by atoms with Gasteiger partial charge in [0.25, 0.3) is 0 Å². The van der Waals surface area contributed by atoms with Crippen molar-refractivity contribution in [2.45, 2.75) is 6.92 Å². The number of aryl methyl sites for hydroxylation is 2. The Hall–Kier alpha value is -1.63. The van der Waals surface area contributed by atoms with Crippen molar-refractivity contribution in [3.05, 3.63) is 11.3 Å². The predicted molar refractivity (Wildman–Crippen MR) is 66.4 cm³/mol. The van der Waals surface area contributed by atoms with Crippen molar-refractivity contribution in [1.29, 1.82) is 0 Å². The molecule has 0 saturated carbocycles. The maximum absolute atomic E-state index is 11.1. The Kier molecular flexibility index (Phi) is 3.83. The van der Waals surface area contributed by atoms with Crippen molar-refractivity contribution in [2.75, 3.05) is 18.9 Å². The highest BCUT2D eigenvalue weighted by atomic mass is 32.1. The fraction of sp³-hybridized carbons (Fsp3) is 0.444. The molecule has 0 radical (unpaired) electrons. The molecule has 1 heterocycles. The standard InChI is InChI=1S/C9H15N5OS/c1-5-7(8(10)16)9(14(3)13-5)12-4-6(15)11-2/h12H,4H2,1-3H3,(H2,10,16)(H,11,15). The Morgan fingerprint density at radius 2 is 2.25 bits per heavy atom. The van der Waals surface area contributed by atoms with Crippen LogP contribution in [0.3, 0.4) is 0 Å². The lowest BCUT2D eigenvalue weighted by Crippen LogP contribution is -2.27. The fourth-order valence-corrected chi connectivity index (χ4v) is 1.65. The maximum Gasteiger partial charge on any atom is 0.239 e. The Morgan fingerprint density at radius 1 is 1.62 bits per heavy atom. The van der Waals surface area contributed by atoms with E-state index in [2.05, 4.69) is 15.7 Å². The van der Waals surface area contributed by atoms with Gasteiger partial charge in [0.15, 0.2) is 0 Å². The van der Waals surface area contributed by atoms with Gasteiger partial charge < -0.3 is 16.4 Å². The summed E-state index contributed by atoms with van der Waals surface area (Å²) >= 11 is 4.94. The normalized spacial score (nSPS) is 9.94. The number of thiocarbonyl (C=S) groups is 1. The smallest absolute Gasteiger partial charge is 0.239 e. The van der Waals surface area contributed by atoms with E-state index in [1.165, 1.54) is 0 Å². The molecule has 6 nitrogen and oxygen atoms in total. The molecule has 0 fully saturated rings. The topological polar surface area (TPSA) is 85.0 Å². The number of amides is 1. The van der Waals surface area contributed by atoms with E-state index in [0.29, 0.717) is 11.4 Å². The molecule has 0 aliphatic heterocycles. The first-order valence-corrected chi connectivity index (χ1v) is 5.16. The minimum absolute atomic E-state index is 0.118. The van der Waals surface area contributed by atoms with Crippen molar-refractivity contribution < 1.29 is 4.79 Å². The molecule has 0 saturated heterocycles. The van der Waals surface area contributed by atoms with E-state index in [1.54, 1.807) is 18.8 Å². The van der Waals surface area contributed by atoms with E-state index in [0.717, 1.165) is 5.69 Å². The third-order valence-electron chi connectivity index (χ3n) is 2.16. The number of carbonyl (C=O) groups is 1. The molecule has 0 spiro atoms. The van der Waals surface area contributed by atoms with Crippen LogP contribution in [0.25, 0.3) is 0 Å². The third-order valence-corrected chi connectivity index (χ3v) is 2.37. The van der Waals surface area contributed by atoms with E-state index < -0.39 is 0 Å². The number of likely N-dealkylation sites (N-methyl/N-ethyl adjacent to an activating group) is 1. The highest BCUT2D eigenvalue weighted by Crippen LogP contribution is 2.17. The van der Waals surface area contributed by atoms with E-state index in [9.17, 15) is 4.79 Å². The summed E-state index contributed by atoms with van der Waals surface area (Å²) in [7, 11) is 3.34. The number of rotatable bonds is 4. The summed E-state index contributed by atoms with van der Waals surface area (Å²) in [5.74, 6) is 0.543. The Labute approximate surface area is 99.2 Å². The van der Waals surface area contributed by atoms with E-state index in [4.69, 9.17) is 18.0 Å². The van der Waals surface area contributed by atoms with E-state index in [-0.39, 0.29) is 17.4 Å². The number of hydrogen-bond donors (Lipinski definition) is 3. The molecule has 88 valence electrons. The summed E-state index contributed by atoms with van der Waals surface area (Å²) in [5.41, 5.74) is 7.03. The first-order valence-electron chi connectivity index (χ1n) is 4.75. The van der Waals surface area contributed by atoms with E-state index in [1.807, 2.05) is 6.92 Å². The molecular weight excluding hydrogens is 226 g/mol. The summed E-state index contributed by atoms with van der Waals surface area (Å²) in [6.45, 7) is 1.98. The second-order valence-electron chi connectivity index (χ2n) is 3.32. The van der Waals surface area contributed by atoms with Crippen LogP contribution < -0.4 is 16.4 Å². The molecule has 7 heteroatoms. The monoisotopic (exact) mass is 241 g/mol. The molecule has 16 heavy (non-hydrogen) atoms. The van der Waals surface area contributed by atoms with Crippen LogP contribution >= 0.6 is 12.2 Å². The predicted octanol–water partition coefficient (Wildman–Crippen LogP) is -0.479. The number of nitrogens with zero attached hydrogens (tertiary/aromatic N) is 2. The molecule has 0 bridgehead atoms. The SMILES string of the molecule is CNC(=O)CNc1c(C(N)=S)c(C)nn1C. The van der Waals surface area contributed by atoms with Gasteiger partial charge in [-0.1, -0.05) is 12.2 Å². The maximum atomic E-state index is 11.1. The second kappa shape index (κ2) is 4.93. The first kappa shape index (κ1) is 12.4. The minimum atomic E-state index is -0.118. The van der Waals surface area contributed by atoms with Crippen LogP contribution in [-0.2, 0) is 11.8 Å². The Balaban J connectivity index is 2.94. The highest BCUT2D eigenvalue weighted by molar-refractivity contribution is 7.80. The van der Waals surface area contributed by atoms with Crippen LogP contribution in [0.2, 0.25) is 0 Å². The van der Waals surface area contributed by atoms with Crippen molar-refractivity contribution in [2.24, 2.45) is 12.8 Å². The van der Waals surface area contributed by atoms with Crippen LogP contribution in [0.15, 0.2) is 0 Å². The highest BCUT2D eigenvalue weighted by Gasteiger charge is 2.15. The average Bonchev–Trinajstić information content (AvgIpc) is 2.49. The van der Waals surface area contributed by atoms with Gasteiger partial charge in [-0.3, -0.25) is 9.48 Å². The van der Waals surface area contributed by atoms with Crippen molar-refractivity contribution in [3.63, 3.8) is 0 Å². The number of anilines is 1. The van der Waals surface area contributed by atoms with Crippen LogP contribution in [-0.4, -0.2) is 34.3 Å². The molecule has 0 atom stereocenters. The van der Waals surface area contributed by atoms with Crippen LogP contribution in [0, 0.1) is 6.92 Å². The Morgan fingerprint density at radius 3 is 2.75 bits per heavy atom. The molecule has 1 rings (SSSR count). The quantitative estimate of drug-likeness (QED) is 0.620. The van der Waals surface area contributed by atoms with Crippen molar-refractivity contribution in [3.8, 4) is 0 Å². The first-order chi connectivity index (χ1) is 7.47. The lowest BCUT2D eigenvalue weighted by Gasteiger charge is -2.08. The summed E-state index contributed by atoms with van der Waals surface area (Å²) in [6, 6.07) is 0. The van der Waals surface area contributed by atoms with Gasteiger partial charge in [-0.25, -0.2) is 0 Å². The van der Waals surface area contributed by atoms with Gasteiger partial charge in [0, 0.05) is 14.1 Å². The zero-order chi connectivity index (χ0) is 12.3. The molecule has 0 aliphatic rings. The molecule has 0 unspecified atom stereocenters. The lowest BCUT2D eigenvalue weighted by molar-refractivity contribution is -0.118. The summed E-state index contributed by atoms with van der Waals surface area (Å²) in [5, 5.41) is 9.66. The molecule has 1 amide bonds. The van der Waals surface area contributed by atoms with Gasteiger partial charge >= 0.3 is 0 Å². The van der Waals surface area contributed by atoms with Crippen LogP contribution in [0.5, 0.6) is 0 Å². The number of hydrogen-bond acceptors (Lipinski definition) is 4. The van der Waals surface area contributed by atoms with Crippen LogP contribution in [0.1, 0.15) is 11.3 Å². The number of nitrogens with two attached hydrogens (primary N) is 1. The van der Waals surface area contributed by atoms with Gasteiger partial charge in [0.05, 0.1) is 17.8 Å². The fourth-order valence-electron chi connectivity index (χ4n) is 1.41. The number of carbonyl (C=O) groups excluding carboxylic acids is 1. The molecule has 4 N–H and O–H groups in total. The average molecular weight is 241 g/mol. The zero-order valence-corrected chi connectivity index (χ0v) is 10.3. The minimum Gasteiger partial charge on any atom is -0.389 e.